The molecule has 68 valence electrons. The van der Waals surface area contributed by atoms with E-state index in [0.717, 1.165) is 17.4 Å². The fraction of sp³-hybridized carbons (Fsp3) is 0.667. The second-order valence-corrected chi connectivity index (χ2v) is 4.14. The number of hydrogen-bond donors (Lipinski definition) is 1. The summed E-state index contributed by atoms with van der Waals surface area (Å²) in [6.45, 7) is 7.40. The first-order valence-corrected chi connectivity index (χ1v) is 5.23. The van der Waals surface area contributed by atoms with Gasteiger partial charge in [0.15, 0.2) is 5.13 Å². The minimum atomic E-state index is 1.04. The lowest BCUT2D eigenvalue weighted by Gasteiger charge is -1.98. The molecule has 0 aliphatic heterocycles. The van der Waals surface area contributed by atoms with Crippen molar-refractivity contribution in [3.8, 4) is 0 Å². The summed E-state index contributed by atoms with van der Waals surface area (Å²) in [6.07, 6.45) is 2.45. The fourth-order valence-electron chi connectivity index (χ4n) is 0.920. The van der Waals surface area contributed by atoms with Crippen LogP contribution in [0.3, 0.4) is 0 Å². The first kappa shape index (κ1) is 9.52. The summed E-state index contributed by atoms with van der Waals surface area (Å²) in [5.74, 6) is 0. The third-order valence-corrected chi connectivity index (χ3v) is 2.87. The Morgan fingerprint density at radius 3 is 2.67 bits per heavy atom. The van der Waals surface area contributed by atoms with Gasteiger partial charge in [0.05, 0.1) is 5.69 Å². The van der Waals surface area contributed by atoms with Crippen molar-refractivity contribution in [1.29, 1.82) is 0 Å². The molecule has 12 heavy (non-hydrogen) atoms. The lowest BCUT2D eigenvalue weighted by Crippen LogP contribution is -1.99. The molecule has 0 bridgehead atoms. The van der Waals surface area contributed by atoms with Gasteiger partial charge in [0.1, 0.15) is 0 Å². The minimum Gasteiger partial charge on any atom is -0.362 e. The normalized spacial score (nSPS) is 10.2. The first-order valence-electron chi connectivity index (χ1n) is 4.42. The molecule has 0 radical (unpaired) electrons. The predicted octanol–water partition coefficient (Wildman–Crippen LogP) is 2.97. The van der Waals surface area contributed by atoms with Crippen LogP contribution in [0.15, 0.2) is 0 Å². The summed E-state index contributed by atoms with van der Waals surface area (Å²) in [4.78, 5) is 5.70. The molecule has 0 aromatic carbocycles. The van der Waals surface area contributed by atoms with Gasteiger partial charge in [0, 0.05) is 11.4 Å². The van der Waals surface area contributed by atoms with Crippen molar-refractivity contribution in [2.45, 2.75) is 33.6 Å². The Morgan fingerprint density at radius 1 is 1.42 bits per heavy atom. The number of hydrogen-bond acceptors (Lipinski definition) is 3. The maximum Gasteiger partial charge on any atom is 0.183 e. The molecule has 1 heterocycles. The Labute approximate surface area is 78.0 Å². The Bertz CT molecular complexity index is 223. The van der Waals surface area contributed by atoms with Gasteiger partial charge in [-0.1, -0.05) is 13.3 Å². The molecule has 0 aliphatic rings. The Balaban J connectivity index is 2.42. The molecule has 2 nitrogen and oxygen atoms in total. The lowest BCUT2D eigenvalue weighted by molar-refractivity contribution is 0.833. The quantitative estimate of drug-likeness (QED) is 0.728. The van der Waals surface area contributed by atoms with E-state index in [1.807, 2.05) is 0 Å². The van der Waals surface area contributed by atoms with Gasteiger partial charge in [-0.2, -0.15) is 0 Å². The van der Waals surface area contributed by atoms with Crippen molar-refractivity contribution in [1.82, 2.24) is 4.98 Å². The molecule has 3 heteroatoms. The van der Waals surface area contributed by atoms with Crippen LogP contribution in [0.5, 0.6) is 0 Å². The summed E-state index contributed by atoms with van der Waals surface area (Å²) in [7, 11) is 0. The van der Waals surface area contributed by atoms with E-state index in [4.69, 9.17) is 0 Å². The average Bonchev–Trinajstić information content (AvgIpc) is 2.32. The molecule has 1 aromatic rings. The highest BCUT2D eigenvalue weighted by molar-refractivity contribution is 7.15. The Hall–Kier alpha value is -0.570. The second-order valence-electron chi connectivity index (χ2n) is 2.94. The highest BCUT2D eigenvalue weighted by Crippen LogP contribution is 2.20. The number of thiazole rings is 1. The van der Waals surface area contributed by atoms with Gasteiger partial charge in [-0.15, -0.1) is 11.3 Å². The monoisotopic (exact) mass is 184 g/mol. The van der Waals surface area contributed by atoms with Crippen LogP contribution < -0.4 is 5.32 Å². The van der Waals surface area contributed by atoms with Crippen molar-refractivity contribution >= 4 is 16.5 Å². The zero-order chi connectivity index (χ0) is 8.97. The highest BCUT2D eigenvalue weighted by atomic mass is 32.1. The number of anilines is 1. The van der Waals surface area contributed by atoms with Gasteiger partial charge in [-0.05, 0) is 20.3 Å². The molecule has 1 N–H and O–H groups in total. The molecular weight excluding hydrogens is 168 g/mol. The smallest absolute Gasteiger partial charge is 0.183 e. The molecule has 1 aromatic heterocycles. The van der Waals surface area contributed by atoms with E-state index >= 15 is 0 Å². The highest BCUT2D eigenvalue weighted by Gasteiger charge is 2.01. The van der Waals surface area contributed by atoms with Crippen LogP contribution in [0.4, 0.5) is 5.13 Å². The molecule has 1 rings (SSSR count). The fourth-order valence-corrected chi connectivity index (χ4v) is 1.76. The van der Waals surface area contributed by atoms with E-state index in [2.05, 4.69) is 31.1 Å². The minimum absolute atomic E-state index is 1.04. The van der Waals surface area contributed by atoms with Crippen molar-refractivity contribution < 1.29 is 0 Å². The average molecular weight is 184 g/mol. The largest absolute Gasteiger partial charge is 0.362 e. The van der Waals surface area contributed by atoms with Gasteiger partial charge in [-0.3, -0.25) is 0 Å². The molecule has 0 aliphatic carbocycles. The molecule has 0 saturated carbocycles. The molecular formula is C9H16N2S. The predicted molar refractivity (Wildman–Crippen MR) is 55.0 cm³/mol. The van der Waals surface area contributed by atoms with Crippen LogP contribution in [-0.4, -0.2) is 11.5 Å². The van der Waals surface area contributed by atoms with Crippen LogP contribution in [0.25, 0.3) is 0 Å². The van der Waals surface area contributed by atoms with Gasteiger partial charge in [0.25, 0.3) is 0 Å². The van der Waals surface area contributed by atoms with E-state index in [9.17, 15) is 0 Å². The summed E-state index contributed by atoms with van der Waals surface area (Å²) in [5, 5.41) is 4.38. The summed E-state index contributed by atoms with van der Waals surface area (Å²) in [6, 6.07) is 0. The molecule has 0 fully saturated rings. The van der Waals surface area contributed by atoms with Gasteiger partial charge in [0.2, 0.25) is 0 Å². The van der Waals surface area contributed by atoms with Crippen LogP contribution >= 0.6 is 11.3 Å². The number of aromatic nitrogens is 1. The van der Waals surface area contributed by atoms with Crippen LogP contribution in [0, 0.1) is 13.8 Å². The topological polar surface area (TPSA) is 24.9 Å². The van der Waals surface area contributed by atoms with Crippen molar-refractivity contribution in [3.05, 3.63) is 10.6 Å². The van der Waals surface area contributed by atoms with Crippen LogP contribution in [-0.2, 0) is 0 Å². The molecule has 0 unspecified atom stereocenters. The van der Waals surface area contributed by atoms with E-state index in [0.29, 0.717) is 0 Å². The molecule has 0 amide bonds. The maximum absolute atomic E-state index is 4.39. The lowest BCUT2D eigenvalue weighted by atomic mass is 10.3. The van der Waals surface area contributed by atoms with Gasteiger partial charge in [-0.25, -0.2) is 4.98 Å². The number of rotatable bonds is 4. The van der Waals surface area contributed by atoms with Gasteiger partial charge >= 0.3 is 0 Å². The summed E-state index contributed by atoms with van der Waals surface area (Å²) < 4.78 is 0. The third-order valence-electron chi connectivity index (χ3n) is 1.84. The first-order chi connectivity index (χ1) is 5.74. The standard InChI is InChI=1S/C9H16N2S/c1-4-5-6-10-9-11-7(2)8(3)12-9/h4-6H2,1-3H3,(H,10,11). The van der Waals surface area contributed by atoms with E-state index in [-0.39, 0.29) is 0 Å². The van der Waals surface area contributed by atoms with Gasteiger partial charge < -0.3 is 5.32 Å². The molecule has 0 spiro atoms. The van der Waals surface area contributed by atoms with Crippen LogP contribution in [0.2, 0.25) is 0 Å². The number of aryl methyl sites for hydroxylation is 2. The van der Waals surface area contributed by atoms with E-state index < -0.39 is 0 Å². The van der Waals surface area contributed by atoms with Crippen molar-refractivity contribution in [2.24, 2.45) is 0 Å². The van der Waals surface area contributed by atoms with E-state index in [1.165, 1.54) is 17.7 Å². The summed E-state index contributed by atoms with van der Waals surface area (Å²) >= 11 is 1.74. The Kier molecular flexibility index (Phi) is 3.53. The number of nitrogens with one attached hydrogen (secondary N) is 1. The van der Waals surface area contributed by atoms with Crippen LogP contribution in [0.1, 0.15) is 30.3 Å². The zero-order valence-corrected chi connectivity index (χ0v) is 8.79. The Morgan fingerprint density at radius 2 is 2.17 bits per heavy atom. The number of nitrogens with zero attached hydrogens (tertiary/aromatic N) is 1. The van der Waals surface area contributed by atoms with Crippen molar-refractivity contribution in [2.75, 3.05) is 11.9 Å². The molecule has 0 saturated heterocycles. The SMILES string of the molecule is CCCCNc1nc(C)c(C)s1. The van der Waals surface area contributed by atoms with Crippen molar-refractivity contribution in [3.63, 3.8) is 0 Å². The van der Waals surface area contributed by atoms with E-state index in [1.54, 1.807) is 11.3 Å². The number of unbranched alkanes of at least 4 members (excludes halogenated alkanes) is 1. The summed E-state index contributed by atoms with van der Waals surface area (Å²) in [5.41, 5.74) is 1.15. The molecule has 0 atom stereocenters. The third kappa shape index (κ3) is 2.48. The maximum atomic E-state index is 4.39. The zero-order valence-electron chi connectivity index (χ0n) is 7.98. The second kappa shape index (κ2) is 4.45.